The van der Waals surface area contributed by atoms with E-state index < -0.39 is 0 Å². The Labute approximate surface area is 163 Å². The van der Waals surface area contributed by atoms with Crippen LogP contribution in [-0.4, -0.2) is 16.4 Å². The maximum Gasteiger partial charge on any atom is 0.123 e. The molecule has 0 saturated heterocycles. The van der Waals surface area contributed by atoms with E-state index in [1.807, 2.05) is 6.20 Å². The van der Waals surface area contributed by atoms with Crippen LogP contribution in [0.4, 0.5) is 4.39 Å². The van der Waals surface area contributed by atoms with Crippen molar-refractivity contribution in [3.05, 3.63) is 119 Å². The summed E-state index contributed by atoms with van der Waals surface area (Å²) >= 11 is 0. The summed E-state index contributed by atoms with van der Waals surface area (Å²) in [6.07, 6.45) is 5.10. The van der Waals surface area contributed by atoms with Crippen molar-refractivity contribution in [1.29, 1.82) is 0 Å². The van der Waals surface area contributed by atoms with Gasteiger partial charge in [0.15, 0.2) is 0 Å². The second kappa shape index (κ2) is 7.01. The van der Waals surface area contributed by atoms with Gasteiger partial charge < -0.3 is 9.88 Å². The largest absolute Gasteiger partial charge is 0.362 e. The Kier molecular flexibility index (Phi) is 4.21. The predicted molar refractivity (Wildman–Crippen MR) is 111 cm³/mol. The van der Waals surface area contributed by atoms with Crippen LogP contribution in [0.1, 0.15) is 22.7 Å². The molecular weight excluding hydrogens is 347 g/mol. The van der Waals surface area contributed by atoms with Crippen molar-refractivity contribution in [2.75, 3.05) is 6.54 Å². The molecule has 0 bridgehead atoms. The van der Waals surface area contributed by atoms with Gasteiger partial charge in [0.05, 0.1) is 6.04 Å². The van der Waals surface area contributed by atoms with E-state index in [0.29, 0.717) is 0 Å². The molecule has 5 rings (SSSR count). The molecule has 0 fully saturated rings. The summed E-state index contributed by atoms with van der Waals surface area (Å²) in [5, 5.41) is 0.974. The lowest BCUT2D eigenvalue weighted by atomic mass is 9.93. The summed E-state index contributed by atoms with van der Waals surface area (Å²) < 4.78 is 13.6. The number of nitrogens with one attached hydrogen (secondary N) is 1. The third kappa shape index (κ3) is 3.09. The van der Waals surface area contributed by atoms with Crippen LogP contribution in [0.15, 0.2) is 96.8 Å². The van der Waals surface area contributed by atoms with Gasteiger partial charge in [0, 0.05) is 29.8 Å². The number of hydrogen-bond acceptors (Lipinski definition) is 1. The molecule has 0 radical (unpaired) electrons. The standard InChI is InChI=1S/C25H21FN2/c26-22-11-12-24-23(14-22)21(15-27-24)13-18-16-28(17-18)25(19-7-3-1-4-8-19)20-9-5-2-6-10-20/h1-12,14-16,25,27H,13,17H2. The highest BCUT2D eigenvalue weighted by molar-refractivity contribution is 5.83. The van der Waals surface area contributed by atoms with Gasteiger partial charge >= 0.3 is 0 Å². The first-order chi connectivity index (χ1) is 13.8. The van der Waals surface area contributed by atoms with Crippen LogP contribution in [0, 0.1) is 5.82 Å². The molecule has 2 nitrogen and oxygen atoms in total. The highest BCUT2D eigenvalue weighted by Crippen LogP contribution is 2.35. The second-order valence-electron chi connectivity index (χ2n) is 7.36. The fourth-order valence-corrected chi connectivity index (χ4v) is 4.10. The van der Waals surface area contributed by atoms with E-state index in [9.17, 15) is 4.39 Å². The van der Waals surface area contributed by atoms with Crippen LogP contribution >= 0.6 is 0 Å². The maximum atomic E-state index is 13.6. The van der Waals surface area contributed by atoms with Gasteiger partial charge in [-0.1, -0.05) is 60.7 Å². The molecule has 1 aliphatic rings. The number of rotatable bonds is 5. The van der Waals surface area contributed by atoms with Crippen LogP contribution < -0.4 is 0 Å². The third-order valence-electron chi connectivity index (χ3n) is 5.44. The molecule has 0 atom stereocenters. The van der Waals surface area contributed by atoms with Crippen molar-refractivity contribution < 1.29 is 4.39 Å². The minimum absolute atomic E-state index is 0.189. The minimum atomic E-state index is -0.189. The molecule has 0 aliphatic carbocycles. The number of fused-ring (bicyclic) bond motifs is 1. The van der Waals surface area contributed by atoms with Crippen LogP contribution in [0.25, 0.3) is 10.9 Å². The first-order valence-electron chi connectivity index (χ1n) is 9.59. The zero-order valence-electron chi connectivity index (χ0n) is 15.5. The quantitative estimate of drug-likeness (QED) is 0.469. The number of hydrogen-bond donors (Lipinski definition) is 1. The van der Waals surface area contributed by atoms with Crippen LogP contribution in [0.3, 0.4) is 0 Å². The van der Waals surface area contributed by atoms with Crippen LogP contribution in [0.2, 0.25) is 0 Å². The molecule has 1 aromatic heterocycles. The van der Waals surface area contributed by atoms with Crippen molar-refractivity contribution >= 4 is 10.9 Å². The number of aromatic nitrogens is 1. The van der Waals surface area contributed by atoms with Crippen molar-refractivity contribution in [1.82, 2.24) is 9.88 Å². The average molecular weight is 368 g/mol. The molecule has 1 N–H and O–H groups in total. The van der Waals surface area contributed by atoms with Crippen molar-refractivity contribution in [2.45, 2.75) is 12.5 Å². The molecule has 0 amide bonds. The zero-order valence-corrected chi connectivity index (χ0v) is 15.5. The number of nitrogens with zero attached hydrogens (tertiary/aromatic N) is 1. The Balaban J connectivity index is 1.42. The molecule has 138 valence electrons. The highest BCUT2D eigenvalue weighted by Gasteiger charge is 2.26. The predicted octanol–water partition coefficient (Wildman–Crippen LogP) is 5.84. The molecule has 3 heteroatoms. The van der Waals surface area contributed by atoms with E-state index in [1.165, 1.54) is 22.8 Å². The van der Waals surface area contributed by atoms with Crippen LogP contribution in [0.5, 0.6) is 0 Å². The maximum absolute atomic E-state index is 13.6. The van der Waals surface area contributed by atoms with Gasteiger partial charge in [-0.2, -0.15) is 0 Å². The molecule has 4 aromatic rings. The normalized spacial score (nSPS) is 13.6. The second-order valence-corrected chi connectivity index (χ2v) is 7.36. The summed E-state index contributed by atoms with van der Waals surface area (Å²) in [5.74, 6) is -0.189. The Morgan fingerprint density at radius 3 is 2.18 bits per heavy atom. The molecule has 0 unspecified atom stereocenters. The lowest BCUT2D eigenvalue weighted by Gasteiger charge is -2.39. The summed E-state index contributed by atoms with van der Waals surface area (Å²) in [6.45, 7) is 0.913. The van der Waals surface area contributed by atoms with Gasteiger partial charge in [0.1, 0.15) is 5.82 Å². The smallest absolute Gasteiger partial charge is 0.123 e. The molecule has 0 saturated carbocycles. The zero-order chi connectivity index (χ0) is 18.9. The lowest BCUT2D eigenvalue weighted by molar-refractivity contribution is 0.295. The van der Waals surface area contributed by atoms with E-state index in [2.05, 4.69) is 76.7 Å². The molecule has 2 heterocycles. The van der Waals surface area contributed by atoms with Gasteiger partial charge in [0.2, 0.25) is 0 Å². The number of halogens is 1. The first-order valence-corrected chi connectivity index (χ1v) is 9.59. The molecule has 28 heavy (non-hydrogen) atoms. The monoisotopic (exact) mass is 368 g/mol. The molecule has 0 spiro atoms. The Morgan fingerprint density at radius 2 is 1.54 bits per heavy atom. The fraction of sp³-hybridized carbons (Fsp3) is 0.120. The molecule has 3 aromatic carbocycles. The van der Waals surface area contributed by atoms with Crippen molar-refractivity contribution in [2.24, 2.45) is 0 Å². The number of H-pyrrole nitrogens is 1. The highest BCUT2D eigenvalue weighted by atomic mass is 19.1. The Hall–Kier alpha value is -3.33. The lowest BCUT2D eigenvalue weighted by Crippen LogP contribution is -2.34. The van der Waals surface area contributed by atoms with Crippen molar-refractivity contribution in [3.63, 3.8) is 0 Å². The fourth-order valence-electron chi connectivity index (χ4n) is 4.10. The SMILES string of the molecule is Fc1ccc2[nH]cc(CC3=CN(C(c4ccccc4)c4ccccc4)C3)c2c1. The van der Waals surface area contributed by atoms with Gasteiger partial charge in [-0.3, -0.25) is 0 Å². The third-order valence-corrected chi connectivity index (χ3v) is 5.44. The minimum Gasteiger partial charge on any atom is -0.362 e. The average Bonchev–Trinajstić information content (AvgIpc) is 3.10. The number of benzene rings is 3. The van der Waals surface area contributed by atoms with E-state index in [4.69, 9.17) is 0 Å². The summed E-state index contributed by atoms with van der Waals surface area (Å²) in [6, 6.07) is 26.4. The summed E-state index contributed by atoms with van der Waals surface area (Å²) in [4.78, 5) is 5.63. The van der Waals surface area contributed by atoms with Crippen LogP contribution in [-0.2, 0) is 6.42 Å². The van der Waals surface area contributed by atoms with E-state index >= 15 is 0 Å². The first kappa shape index (κ1) is 16.8. The Bertz CT molecular complexity index is 1090. The molecular formula is C25H21FN2. The Morgan fingerprint density at radius 1 is 0.893 bits per heavy atom. The molecule has 1 aliphatic heterocycles. The topological polar surface area (TPSA) is 19.0 Å². The summed E-state index contributed by atoms with van der Waals surface area (Å²) in [7, 11) is 0. The van der Waals surface area contributed by atoms with Gasteiger partial charge in [-0.05, 0) is 46.9 Å². The van der Waals surface area contributed by atoms with Gasteiger partial charge in [-0.25, -0.2) is 4.39 Å². The van der Waals surface area contributed by atoms with E-state index in [-0.39, 0.29) is 11.9 Å². The van der Waals surface area contributed by atoms with Gasteiger partial charge in [0.25, 0.3) is 0 Å². The van der Waals surface area contributed by atoms with Crippen molar-refractivity contribution in [3.8, 4) is 0 Å². The summed E-state index contributed by atoms with van der Waals surface area (Å²) in [5.41, 5.74) is 6.08. The number of aromatic amines is 1. The van der Waals surface area contributed by atoms with E-state index in [1.54, 1.807) is 12.1 Å². The van der Waals surface area contributed by atoms with Gasteiger partial charge in [-0.15, -0.1) is 0 Å². The van der Waals surface area contributed by atoms with E-state index in [0.717, 1.165) is 29.4 Å².